The molecule has 2 atom stereocenters. The molecule has 0 aromatic rings. The first-order valence-corrected chi connectivity index (χ1v) is 7.07. The molecule has 0 radical (unpaired) electrons. The van der Waals surface area contributed by atoms with Gasteiger partial charge in [0.2, 0.25) is 11.8 Å². The summed E-state index contributed by atoms with van der Waals surface area (Å²) in [7, 11) is 0. The highest BCUT2D eigenvalue weighted by Gasteiger charge is 2.54. The van der Waals surface area contributed by atoms with Crippen LogP contribution in [0.15, 0.2) is 0 Å². The van der Waals surface area contributed by atoms with Crippen LogP contribution in [0, 0.1) is 17.8 Å². The van der Waals surface area contributed by atoms with Gasteiger partial charge in [-0.1, -0.05) is 6.92 Å². The zero-order chi connectivity index (χ0) is 14.0. The van der Waals surface area contributed by atoms with Gasteiger partial charge in [-0.2, -0.15) is 0 Å². The summed E-state index contributed by atoms with van der Waals surface area (Å²) >= 11 is 0. The minimum atomic E-state index is -0.692. The van der Waals surface area contributed by atoms with Crippen LogP contribution >= 0.6 is 0 Å². The van der Waals surface area contributed by atoms with Crippen molar-refractivity contribution in [1.82, 2.24) is 10.2 Å². The van der Waals surface area contributed by atoms with E-state index in [4.69, 9.17) is 0 Å². The Morgan fingerprint density at radius 1 is 1.42 bits per heavy atom. The quantitative estimate of drug-likeness (QED) is 0.777. The van der Waals surface area contributed by atoms with Crippen molar-refractivity contribution in [2.75, 3.05) is 6.54 Å². The van der Waals surface area contributed by atoms with E-state index in [1.807, 2.05) is 13.8 Å². The summed E-state index contributed by atoms with van der Waals surface area (Å²) in [4.78, 5) is 26.7. The van der Waals surface area contributed by atoms with Gasteiger partial charge in [0.15, 0.2) is 0 Å². The van der Waals surface area contributed by atoms with Crippen molar-refractivity contribution in [2.24, 2.45) is 5.92 Å². The second kappa shape index (κ2) is 5.24. The number of amides is 2. The fourth-order valence-corrected chi connectivity index (χ4v) is 2.88. The minimum Gasteiger partial charge on any atom is -0.340 e. The molecule has 0 bridgehead atoms. The third-order valence-corrected chi connectivity index (χ3v) is 4.20. The molecule has 1 aliphatic carbocycles. The molecule has 0 spiro atoms. The van der Waals surface area contributed by atoms with E-state index >= 15 is 0 Å². The summed E-state index contributed by atoms with van der Waals surface area (Å²) in [6, 6.07) is -0.335. The van der Waals surface area contributed by atoms with Gasteiger partial charge in [-0.25, -0.2) is 0 Å². The fourth-order valence-electron chi connectivity index (χ4n) is 2.88. The van der Waals surface area contributed by atoms with Gasteiger partial charge in [-0.3, -0.25) is 9.59 Å². The lowest BCUT2D eigenvalue weighted by atomic mass is 9.88. The molecule has 104 valence electrons. The van der Waals surface area contributed by atoms with Crippen LogP contribution in [0.4, 0.5) is 0 Å². The van der Waals surface area contributed by atoms with Crippen LogP contribution in [-0.4, -0.2) is 34.8 Å². The molecule has 2 amide bonds. The van der Waals surface area contributed by atoms with Crippen LogP contribution in [0.3, 0.4) is 0 Å². The molecule has 4 heteroatoms. The number of carbonyl (C=O) groups is 2. The van der Waals surface area contributed by atoms with E-state index in [-0.39, 0.29) is 17.9 Å². The van der Waals surface area contributed by atoms with Crippen LogP contribution < -0.4 is 5.32 Å². The van der Waals surface area contributed by atoms with Crippen molar-refractivity contribution in [1.29, 1.82) is 0 Å². The predicted octanol–water partition coefficient (Wildman–Crippen LogP) is 1.31. The molecule has 2 rings (SSSR count). The summed E-state index contributed by atoms with van der Waals surface area (Å²) in [6.45, 7) is 6.15. The van der Waals surface area contributed by atoms with Crippen LogP contribution in [-0.2, 0) is 9.59 Å². The first kappa shape index (κ1) is 13.9. The van der Waals surface area contributed by atoms with E-state index in [0.717, 1.165) is 12.8 Å². The van der Waals surface area contributed by atoms with E-state index in [1.54, 1.807) is 11.8 Å². The van der Waals surface area contributed by atoms with Crippen LogP contribution in [0.5, 0.6) is 0 Å². The van der Waals surface area contributed by atoms with E-state index in [1.165, 1.54) is 0 Å². The van der Waals surface area contributed by atoms with Crippen molar-refractivity contribution >= 4 is 11.8 Å². The normalized spacial score (nSPS) is 30.7. The highest BCUT2D eigenvalue weighted by molar-refractivity contribution is 6.00. The lowest BCUT2D eigenvalue weighted by Gasteiger charge is -2.44. The van der Waals surface area contributed by atoms with Gasteiger partial charge in [0.05, 0.1) is 0 Å². The Kier molecular flexibility index (Phi) is 3.84. The van der Waals surface area contributed by atoms with E-state index in [9.17, 15) is 9.59 Å². The van der Waals surface area contributed by atoms with Gasteiger partial charge in [0, 0.05) is 13.0 Å². The number of nitrogens with one attached hydrogen (secondary N) is 1. The fraction of sp³-hybridized carbons (Fsp3) is 0.733. The molecule has 2 aliphatic rings. The number of rotatable bonds is 4. The topological polar surface area (TPSA) is 49.4 Å². The molecule has 1 saturated carbocycles. The van der Waals surface area contributed by atoms with Crippen LogP contribution in [0.25, 0.3) is 0 Å². The van der Waals surface area contributed by atoms with Gasteiger partial charge < -0.3 is 10.2 Å². The highest BCUT2D eigenvalue weighted by atomic mass is 16.2. The average Bonchev–Trinajstić information content (AvgIpc) is 3.20. The SMILES string of the molecule is CC#CCCN1C(=O)C(C)(C2CC2)NC(=O)C1CC. The molecular formula is C15H22N2O2. The minimum absolute atomic E-state index is 0.0130. The molecule has 0 aromatic carbocycles. The second-order valence-electron chi connectivity index (χ2n) is 5.57. The molecule has 1 N–H and O–H groups in total. The Hall–Kier alpha value is -1.50. The molecule has 2 fully saturated rings. The maximum Gasteiger partial charge on any atom is 0.249 e. The van der Waals surface area contributed by atoms with Crippen LogP contribution in [0.2, 0.25) is 0 Å². The zero-order valence-electron chi connectivity index (χ0n) is 12.0. The second-order valence-corrected chi connectivity index (χ2v) is 5.57. The zero-order valence-corrected chi connectivity index (χ0v) is 12.0. The summed E-state index contributed by atoms with van der Waals surface area (Å²) in [5.41, 5.74) is -0.692. The van der Waals surface area contributed by atoms with Crippen molar-refractivity contribution < 1.29 is 9.59 Å². The first-order valence-electron chi connectivity index (χ1n) is 7.07. The van der Waals surface area contributed by atoms with Crippen LogP contribution in [0.1, 0.15) is 46.5 Å². The largest absolute Gasteiger partial charge is 0.340 e. The third-order valence-electron chi connectivity index (χ3n) is 4.20. The molecule has 1 saturated heterocycles. The van der Waals surface area contributed by atoms with Gasteiger partial charge in [-0.05, 0) is 39.0 Å². The average molecular weight is 262 g/mol. The third kappa shape index (κ3) is 2.47. The maximum absolute atomic E-state index is 12.7. The monoisotopic (exact) mass is 262 g/mol. The molecule has 4 nitrogen and oxygen atoms in total. The lowest BCUT2D eigenvalue weighted by Crippen LogP contribution is -2.70. The molecular weight excluding hydrogens is 240 g/mol. The summed E-state index contributed by atoms with van der Waals surface area (Å²) in [5, 5.41) is 2.96. The Balaban J connectivity index is 2.20. The molecule has 1 aliphatic heterocycles. The molecule has 19 heavy (non-hydrogen) atoms. The van der Waals surface area contributed by atoms with E-state index in [2.05, 4.69) is 17.2 Å². The predicted molar refractivity (Wildman–Crippen MR) is 73.1 cm³/mol. The van der Waals surface area contributed by atoms with Crippen molar-refractivity contribution in [3.8, 4) is 11.8 Å². The van der Waals surface area contributed by atoms with E-state index in [0.29, 0.717) is 25.3 Å². The lowest BCUT2D eigenvalue weighted by molar-refractivity contribution is -0.155. The van der Waals surface area contributed by atoms with Gasteiger partial charge >= 0.3 is 0 Å². The number of hydrogen-bond acceptors (Lipinski definition) is 2. The Bertz CT molecular complexity index is 445. The molecule has 1 heterocycles. The molecule has 0 aromatic heterocycles. The van der Waals surface area contributed by atoms with Crippen molar-refractivity contribution in [3.05, 3.63) is 0 Å². The van der Waals surface area contributed by atoms with E-state index < -0.39 is 5.54 Å². The van der Waals surface area contributed by atoms with Crippen molar-refractivity contribution in [3.63, 3.8) is 0 Å². The smallest absolute Gasteiger partial charge is 0.249 e. The summed E-state index contributed by atoms with van der Waals surface area (Å²) < 4.78 is 0. The standard InChI is InChI=1S/C15H22N2O2/c1-4-6-7-10-17-12(5-2)13(18)16-15(3,14(17)19)11-8-9-11/h11-12H,5,7-10H2,1-3H3,(H,16,18). The highest BCUT2D eigenvalue weighted by Crippen LogP contribution is 2.42. The summed E-state index contributed by atoms with van der Waals surface area (Å²) in [6.07, 6.45) is 3.34. The first-order chi connectivity index (χ1) is 9.04. The Labute approximate surface area is 114 Å². The Morgan fingerprint density at radius 3 is 2.63 bits per heavy atom. The summed E-state index contributed by atoms with van der Waals surface area (Å²) in [5.74, 6) is 6.17. The van der Waals surface area contributed by atoms with Gasteiger partial charge in [0.1, 0.15) is 11.6 Å². The maximum atomic E-state index is 12.7. The number of piperazine rings is 1. The number of hydrogen-bond donors (Lipinski definition) is 1. The van der Waals surface area contributed by atoms with Crippen molar-refractivity contribution in [2.45, 2.75) is 58.0 Å². The van der Waals surface area contributed by atoms with Gasteiger partial charge in [-0.15, -0.1) is 11.8 Å². The molecule has 2 unspecified atom stereocenters. The number of nitrogens with zero attached hydrogens (tertiary/aromatic N) is 1. The van der Waals surface area contributed by atoms with Gasteiger partial charge in [0.25, 0.3) is 0 Å². The Morgan fingerprint density at radius 2 is 2.11 bits per heavy atom. The number of carbonyl (C=O) groups excluding carboxylic acids is 2.